The molecule has 44 heavy (non-hydrogen) atoms. The standard InChI is InChI=1S/C34H35N7O3/c1-3-30(42)41-15-14-40(21-25(41)10-12-35)33-26-11-13-39(29-9-5-8-24-7-4-6-23(2)31(24)29)22-28(26)37-32(27(33)20-36)34(43)38-16-18-44-19-17-38/h3-9,25H,1,10-11,13-19,21-22H2,2H3. The van der Waals surface area contributed by atoms with Gasteiger partial charge in [-0.25, -0.2) is 4.98 Å². The second-order valence-electron chi connectivity index (χ2n) is 11.4. The fourth-order valence-corrected chi connectivity index (χ4v) is 6.80. The van der Waals surface area contributed by atoms with Gasteiger partial charge < -0.3 is 24.3 Å². The van der Waals surface area contributed by atoms with Gasteiger partial charge in [0.05, 0.1) is 49.7 Å². The molecule has 0 N–H and O–H groups in total. The summed E-state index contributed by atoms with van der Waals surface area (Å²) >= 11 is 0. The minimum absolute atomic E-state index is 0.152. The summed E-state index contributed by atoms with van der Waals surface area (Å²) in [6.07, 6.45) is 2.06. The number of ether oxygens (including phenoxy) is 1. The number of amides is 2. The summed E-state index contributed by atoms with van der Waals surface area (Å²) in [5, 5.41) is 22.5. The number of rotatable bonds is 5. The molecular formula is C34H35N7O3. The van der Waals surface area contributed by atoms with Crippen molar-refractivity contribution in [1.82, 2.24) is 14.8 Å². The normalized spacial score (nSPS) is 18.4. The number of hydrogen-bond acceptors (Lipinski definition) is 8. The van der Waals surface area contributed by atoms with Crippen LogP contribution in [-0.2, 0) is 22.5 Å². The third-order valence-electron chi connectivity index (χ3n) is 8.95. The van der Waals surface area contributed by atoms with Gasteiger partial charge in [0.2, 0.25) is 5.91 Å². The number of aryl methyl sites for hydroxylation is 1. The van der Waals surface area contributed by atoms with Crippen LogP contribution in [0.1, 0.15) is 39.3 Å². The maximum atomic E-state index is 13.9. The van der Waals surface area contributed by atoms with Gasteiger partial charge in [0.25, 0.3) is 5.91 Å². The number of piperazine rings is 1. The summed E-state index contributed by atoms with van der Waals surface area (Å²) in [5.41, 5.74) is 5.15. The molecule has 2 fully saturated rings. The van der Waals surface area contributed by atoms with Crippen LogP contribution in [0.5, 0.6) is 0 Å². The fourth-order valence-electron chi connectivity index (χ4n) is 6.80. The highest BCUT2D eigenvalue weighted by Crippen LogP contribution is 2.38. The largest absolute Gasteiger partial charge is 0.378 e. The zero-order chi connectivity index (χ0) is 30.8. The van der Waals surface area contributed by atoms with Crippen molar-refractivity contribution in [1.29, 1.82) is 10.5 Å². The highest BCUT2D eigenvalue weighted by molar-refractivity contribution is 5.98. The van der Waals surface area contributed by atoms with E-state index in [1.807, 2.05) is 0 Å². The summed E-state index contributed by atoms with van der Waals surface area (Å²) in [6, 6.07) is 16.8. The monoisotopic (exact) mass is 589 g/mol. The van der Waals surface area contributed by atoms with Crippen LogP contribution in [0.25, 0.3) is 10.8 Å². The number of anilines is 2. The van der Waals surface area contributed by atoms with Crippen molar-refractivity contribution in [3.63, 3.8) is 0 Å². The summed E-state index contributed by atoms with van der Waals surface area (Å²) < 4.78 is 5.47. The van der Waals surface area contributed by atoms with Crippen molar-refractivity contribution in [2.24, 2.45) is 0 Å². The van der Waals surface area contributed by atoms with Crippen LogP contribution in [0.2, 0.25) is 0 Å². The number of morpholine rings is 1. The Balaban J connectivity index is 1.45. The topological polar surface area (TPSA) is 117 Å². The lowest BCUT2D eigenvalue weighted by Gasteiger charge is -2.43. The van der Waals surface area contributed by atoms with Crippen molar-refractivity contribution >= 4 is 34.0 Å². The Morgan fingerprint density at radius 2 is 1.84 bits per heavy atom. The van der Waals surface area contributed by atoms with Gasteiger partial charge in [-0.15, -0.1) is 0 Å². The number of hydrogen-bond donors (Lipinski definition) is 0. The Labute approximate surface area is 257 Å². The minimum atomic E-state index is -0.369. The Hall–Kier alpha value is -4.93. The molecule has 2 saturated heterocycles. The van der Waals surface area contributed by atoms with E-state index in [1.165, 1.54) is 22.4 Å². The van der Waals surface area contributed by atoms with E-state index in [0.717, 1.165) is 16.9 Å². The molecule has 6 rings (SSSR count). The molecule has 1 atom stereocenters. The van der Waals surface area contributed by atoms with Crippen molar-refractivity contribution in [2.75, 3.05) is 62.3 Å². The molecular weight excluding hydrogens is 554 g/mol. The first-order valence-electron chi connectivity index (χ1n) is 15.1. The van der Waals surface area contributed by atoms with E-state index < -0.39 is 0 Å². The molecule has 0 aliphatic carbocycles. The molecule has 2 amide bonds. The quantitative estimate of drug-likeness (QED) is 0.415. The van der Waals surface area contributed by atoms with E-state index in [2.05, 4.69) is 71.8 Å². The van der Waals surface area contributed by atoms with Gasteiger partial charge in [-0.3, -0.25) is 9.59 Å². The maximum absolute atomic E-state index is 13.9. The highest BCUT2D eigenvalue weighted by Gasteiger charge is 2.36. The second-order valence-corrected chi connectivity index (χ2v) is 11.4. The average Bonchev–Trinajstić information content (AvgIpc) is 3.06. The lowest BCUT2D eigenvalue weighted by atomic mass is 9.94. The van der Waals surface area contributed by atoms with E-state index in [0.29, 0.717) is 71.1 Å². The maximum Gasteiger partial charge on any atom is 0.274 e. The molecule has 3 aliphatic heterocycles. The molecule has 1 unspecified atom stereocenters. The van der Waals surface area contributed by atoms with E-state index in [-0.39, 0.29) is 35.5 Å². The average molecular weight is 590 g/mol. The summed E-state index contributed by atoms with van der Waals surface area (Å²) in [5.74, 6) is -0.493. The first-order valence-corrected chi connectivity index (χ1v) is 15.1. The van der Waals surface area contributed by atoms with Gasteiger partial charge in [0, 0.05) is 55.9 Å². The molecule has 0 bridgehead atoms. The van der Waals surface area contributed by atoms with Crippen LogP contribution in [-0.4, -0.2) is 85.1 Å². The third-order valence-corrected chi connectivity index (χ3v) is 8.95. The lowest BCUT2D eigenvalue weighted by Crippen LogP contribution is -2.55. The molecule has 10 nitrogen and oxygen atoms in total. The van der Waals surface area contributed by atoms with Gasteiger partial charge in [-0.2, -0.15) is 10.5 Å². The molecule has 2 aromatic carbocycles. The number of nitrogens with zero attached hydrogens (tertiary/aromatic N) is 7. The Morgan fingerprint density at radius 1 is 1.07 bits per heavy atom. The summed E-state index contributed by atoms with van der Waals surface area (Å²) in [7, 11) is 0. The van der Waals surface area contributed by atoms with Crippen molar-refractivity contribution in [2.45, 2.75) is 32.4 Å². The van der Waals surface area contributed by atoms with Crippen molar-refractivity contribution < 1.29 is 14.3 Å². The van der Waals surface area contributed by atoms with Gasteiger partial charge in [-0.05, 0) is 36.4 Å². The summed E-state index contributed by atoms with van der Waals surface area (Å²) in [4.78, 5) is 39.3. The first-order chi connectivity index (χ1) is 21.4. The van der Waals surface area contributed by atoms with Gasteiger partial charge in [-0.1, -0.05) is 36.9 Å². The van der Waals surface area contributed by atoms with Crippen LogP contribution in [0, 0.1) is 29.6 Å². The first kappa shape index (κ1) is 29.2. The SMILES string of the molecule is C=CC(=O)N1CCN(c2c(C#N)c(C(=O)N3CCOCC3)nc3c2CCN(c2cccc4cccc(C)c24)C3)CC1CC#N. The van der Waals surface area contributed by atoms with E-state index in [1.54, 1.807) is 9.80 Å². The predicted octanol–water partition coefficient (Wildman–Crippen LogP) is 3.57. The van der Waals surface area contributed by atoms with Crippen LogP contribution in [0.3, 0.4) is 0 Å². The molecule has 224 valence electrons. The number of fused-ring (bicyclic) bond motifs is 2. The second kappa shape index (κ2) is 12.4. The minimum Gasteiger partial charge on any atom is -0.378 e. The Kier molecular flexibility index (Phi) is 8.19. The van der Waals surface area contributed by atoms with Crippen LogP contribution < -0.4 is 9.80 Å². The Bertz CT molecular complexity index is 1710. The van der Waals surface area contributed by atoms with Crippen LogP contribution >= 0.6 is 0 Å². The predicted molar refractivity (Wildman–Crippen MR) is 167 cm³/mol. The number of carbonyl (C=O) groups is 2. The molecule has 0 spiro atoms. The van der Waals surface area contributed by atoms with Crippen molar-refractivity contribution in [3.8, 4) is 12.1 Å². The number of nitriles is 2. The summed E-state index contributed by atoms with van der Waals surface area (Å²) in [6.45, 7) is 9.92. The van der Waals surface area contributed by atoms with Gasteiger partial charge in [0.15, 0.2) is 0 Å². The molecule has 10 heteroatoms. The molecule has 0 saturated carbocycles. The van der Waals surface area contributed by atoms with Crippen LogP contribution in [0.4, 0.5) is 11.4 Å². The highest BCUT2D eigenvalue weighted by atomic mass is 16.5. The molecule has 4 heterocycles. The van der Waals surface area contributed by atoms with E-state index >= 15 is 0 Å². The number of aromatic nitrogens is 1. The lowest BCUT2D eigenvalue weighted by molar-refractivity contribution is -0.128. The van der Waals surface area contributed by atoms with E-state index in [9.17, 15) is 20.1 Å². The van der Waals surface area contributed by atoms with E-state index in [4.69, 9.17) is 9.72 Å². The van der Waals surface area contributed by atoms with Crippen molar-refractivity contribution in [3.05, 3.63) is 77.1 Å². The number of benzene rings is 2. The Morgan fingerprint density at radius 3 is 2.57 bits per heavy atom. The zero-order valence-electron chi connectivity index (χ0n) is 25.0. The fraction of sp³-hybridized carbons (Fsp3) is 0.382. The third kappa shape index (κ3) is 5.23. The number of carbonyl (C=O) groups excluding carboxylic acids is 2. The molecule has 0 radical (unpaired) electrons. The van der Waals surface area contributed by atoms with Gasteiger partial charge >= 0.3 is 0 Å². The van der Waals surface area contributed by atoms with Gasteiger partial charge in [0.1, 0.15) is 17.3 Å². The smallest absolute Gasteiger partial charge is 0.274 e. The molecule has 3 aliphatic rings. The number of pyridine rings is 1. The molecule has 1 aromatic heterocycles. The zero-order valence-corrected chi connectivity index (χ0v) is 25.0. The van der Waals surface area contributed by atoms with Crippen LogP contribution in [0.15, 0.2) is 49.1 Å². The molecule has 3 aromatic rings.